The van der Waals surface area contributed by atoms with Gasteiger partial charge in [-0.15, -0.1) is 0 Å². The SMILES string of the molecule is CC(=O)C(Br)c1ccc(C(F)(F)F)c(Br)c1. The molecule has 0 saturated carbocycles. The van der Waals surface area contributed by atoms with Crippen molar-refractivity contribution < 1.29 is 18.0 Å². The monoisotopic (exact) mass is 358 g/mol. The molecular weight excluding hydrogens is 353 g/mol. The molecule has 0 radical (unpaired) electrons. The second-order valence-corrected chi connectivity index (χ2v) is 4.98. The summed E-state index contributed by atoms with van der Waals surface area (Å²) < 4.78 is 37.2. The normalized spacial score (nSPS) is 13.6. The van der Waals surface area contributed by atoms with Crippen molar-refractivity contribution in [2.75, 3.05) is 0 Å². The van der Waals surface area contributed by atoms with Crippen molar-refractivity contribution in [2.24, 2.45) is 0 Å². The lowest BCUT2D eigenvalue weighted by molar-refractivity contribution is -0.138. The van der Waals surface area contributed by atoms with Crippen molar-refractivity contribution in [1.82, 2.24) is 0 Å². The predicted octanol–water partition coefficient (Wildman–Crippen LogP) is 4.49. The van der Waals surface area contributed by atoms with E-state index in [0.717, 1.165) is 6.07 Å². The van der Waals surface area contributed by atoms with Crippen molar-refractivity contribution in [3.8, 4) is 0 Å². The van der Waals surface area contributed by atoms with Gasteiger partial charge >= 0.3 is 6.18 Å². The number of rotatable bonds is 2. The highest BCUT2D eigenvalue weighted by atomic mass is 79.9. The molecule has 0 heterocycles. The molecule has 0 aliphatic carbocycles. The average Bonchev–Trinajstić information content (AvgIpc) is 2.14. The van der Waals surface area contributed by atoms with E-state index >= 15 is 0 Å². The van der Waals surface area contributed by atoms with Crippen LogP contribution in [0.3, 0.4) is 0 Å². The van der Waals surface area contributed by atoms with Crippen LogP contribution in [0, 0.1) is 0 Å². The van der Waals surface area contributed by atoms with Gasteiger partial charge in [-0.05, 0) is 24.6 Å². The Hall–Kier alpha value is -0.360. The third-order valence-electron chi connectivity index (χ3n) is 1.95. The summed E-state index contributed by atoms with van der Waals surface area (Å²) in [7, 11) is 0. The summed E-state index contributed by atoms with van der Waals surface area (Å²) in [6, 6.07) is 3.54. The molecule has 16 heavy (non-hydrogen) atoms. The van der Waals surface area contributed by atoms with Crippen LogP contribution in [-0.4, -0.2) is 5.78 Å². The number of hydrogen-bond acceptors (Lipinski definition) is 1. The van der Waals surface area contributed by atoms with E-state index in [1.54, 1.807) is 0 Å². The molecule has 0 fully saturated rings. The highest BCUT2D eigenvalue weighted by Gasteiger charge is 2.33. The summed E-state index contributed by atoms with van der Waals surface area (Å²) in [5, 5.41) is 0. The van der Waals surface area contributed by atoms with E-state index in [0.29, 0.717) is 5.56 Å². The Morgan fingerprint density at radius 3 is 2.31 bits per heavy atom. The number of carbonyl (C=O) groups excluding carboxylic acids is 1. The maximum atomic E-state index is 12.4. The van der Waals surface area contributed by atoms with Gasteiger partial charge in [0.1, 0.15) is 5.78 Å². The lowest BCUT2D eigenvalue weighted by Gasteiger charge is -2.12. The number of benzene rings is 1. The topological polar surface area (TPSA) is 17.1 Å². The van der Waals surface area contributed by atoms with Gasteiger partial charge < -0.3 is 0 Å². The first-order chi connectivity index (χ1) is 7.23. The number of Topliss-reactive ketones (excluding diaryl/α,β-unsaturated/α-hetero) is 1. The minimum absolute atomic E-state index is 0.0665. The van der Waals surface area contributed by atoms with Crippen molar-refractivity contribution in [2.45, 2.75) is 17.9 Å². The van der Waals surface area contributed by atoms with Crippen LogP contribution in [0.25, 0.3) is 0 Å². The minimum atomic E-state index is -4.39. The molecule has 0 aliphatic heterocycles. The molecule has 0 N–H and O–H groups in total. The highest BCUT2D eigenvalue weighted by molar-refractivity contribution is 9.10. The van der Waals surface area contributed by atoms with Crippen LogP contribution < -0.4 is 0 Å². The lowest BCUT2D eigenvalue weighted by Crippen LogP contribution is -2.07. The molecule has 1 atom stereocenters. The molecule has 88 valence electrons. The summed E-state index contributed by atoms with van der Waals surface area (Å²) in [6.07, 6.45) is -4.39. The van der Waals surface area contributed by atoms with Gasteiger partial charge in [-0.3, -0.25) is 4.79 Å². The molecule has 1 aromatic carbocycles. The molecule has 0 saturated heterocycles. The van der Waals surface area contributed by atoms with Gasteiger partial charge in [0.05, 0.1) is 10.4 Å². The molecule has 0 bridgehead atoms. The first-order valence-electron chi connectivity index (χ1n) is 4.24. The average molecular weight is 360 g/mol. The van der Waals surface area contributed by atoms with Gasteiger partial charge in [0.25, 0.3) is 0 Å². The van der Waals surface area contributed by atoms with Gasteiger partial charge in [-0.2, -0.15) is 13.2 Å². The Labute approximate surface area is 107 Å². The Morgan fingerprint density at radius 2 is 1.94 bits per heavy atom. The summed E-state index contributed by atoms with van der Waals surface area (Å²) >= 11 is 5.96. The van der Waals surface area contributed by atoms with Crippen LogP contribution in [0.15, 0.2) is 22.7 Å². The van der Waals surface area contributed by atoms with Gasteiger partial charge in [-0.1, -0.05) is 37.9 Å². The summed E-state index contributed by atoms with van der Waals surface area (Å²) in [5.41, 5.74) is -0.258. The van der Waals surface area contributed by atoms with E-state index < -0.39 is 16.6 Å². The first-order valence-corrected chi connectivity index (χ1v) is 5.95. The fraction of sp³-hybridized carbons (Fsp3) is 0.300. The Morgan fingerprint density at radius 1 is 1.38 bits per heavy atom. The van der Waals surface area contributed by atoms with E-state index in [2.05, 4.69) is 31.9 Å². The first kappa shape index (κ1) is 13.7. The second kappa shape index (κ2) is 4.87. The zero-order valence-electron chi connectivity index (χ0n) is 8.11. The largest absolute Gasteiger partial charge is 0.417 e. The molecule has 1 unspecified atom stereocenters. The van der Waals surface area contributed by atoms with Crippen molar-refractivity contribution in [3.63, 3.8) is 0 Å². The van der Waals surface area contributed by atoms with Crippen LogP contribution in [0.1, 0.15) is 22.9 Å². The summed E-state index contributed by atoms with van der Waals surface area (Å²) in [4.78, 5) is 10.5. The van der Waals surface area contributed by atoms with Crippen LogP contribution in [0.5, 0.6) is 0 Å². The molecule has 1 nitrogen and oxygen atoms in total. The van der Waals surface area contributed by atoms with E-state index in [4.69, 9.17) is 0 Å². The number of alkyl halides is 4. The zero-order valence-corrected chi connectivity index (χ0v) is 11.3. The van der Waals surface area contributed by atoms with Crippen LogP contribution in [0.2, 0.25) is 0 Å². The lowest BCUT2D eigenvalue weighted by atomic mass is 10.1. The molecule has 1 aromatic rings. The molecular formula is C10H7Br2F3O. The minimum Gasteiger partial charge on any atom is -0.298 e. The number of carbonyl (C=O) groups is 1. The standard InChI is InChI=1S/C10H7Br2F3O/c1-5(16)9(12)6-2-3-7(8(11)4-6)10(13,14)15/h2-4,9H,1H3. The quantitative estimate of drug-likeness (QED) is 0.711. The van der Waals surface area contributed by atoms with Gasteiger partial charge in [0, 0.05) is 4.47 Å². The van der Waals surface area contributed by atoms with Gasteiger partial charge in [0.2, 0.25) is 0 Å². The molecule has 6 heteroatoms. The fourth-order valence-electron chi connectivity index (χ4n) is 1.15. The highest BCUT2D eigenvalue weighted by Crippen LogP contribution is 2.37. The van der Waals surface area contributed by atoms with Crippen LogP contribution >= 0.6 is 31.9 Å². The molecule has 0 amide bonds. The predicted molar refractivity (Wildman–Crippen MR) is 61.5 cm³/mol. The summed E-state index contributed by atoms with van der Waals surface area (Å²) in [5.74, 6) is -0.161. The van der Waals surface area contributed by atoms with Gasteiger partial charge in [0.15, 0.2) is 0 Å². The second-order valence-electron chi connectivity index (χ2n) is 3.21. The Bertz CT molecular complexity index is 415. The molecule has 0 aromatic heterocycles. The smallest absolute Gasteiger partial charge is 0.298 e. The Kier molecular flexibility index (Phi) is 4.17. The van der Waals surface area contributed by atoms with Crippen molar-refractivity contribution in [1.29, 1.82) is 0 Å². The van der Waals surface area contributed by atoms with Crippen molar-refractivity contribution in [3.05, 3.63) is 33.8 Å². The summed E-state index contributed by atoms with van der Waals surface area (Å²) in [6.45, 7) is 1.37. The molecule has 0 aliphatic rings. The zero-order chi connectivity index (χ0) is 12.5. The van der Waals surface area contributed by atoms with E-state index in [1.807, 2.05) is 0 Å². The number of ketones is 1. The number of hydrogen-bond donors (Lipinski definition) is 0. The Balaban J connectivity index is 3.14. The van der Waals surface area contributed by atoms with Crippen molar-refractivity contribution >= 4 is 37.6 Å². The maximum absolute atomic E-state index is 12.4. The van der Waals surface area contributed by atoms with Crippen LogP contribution in [0.4, 0.5) is 13.2 Å². The van der Waals surface area contributed by atoms with Crippen LogP contribution in [-0.2, 0) is 11.0 Å². The third kappa shape index (κ3) is 3.07. The fourth-order valence-corrected chi connectivity index (χ4v) is 2.06. The molecule has 1 rings (SSSR count). The third-order valence-corrected chi connectivity index (χ3v) is 3.78. The van der Waals surface area contributed by atoms with E-state index in [-0.39, 0.29) is 10.3 Å². The van der Waals surface area contributed by atoms with Gasteiger partial charge in [-0.25, -0.2) is 0 Å². The van der Waals surface area contributed by atoms with E-state index in [1.165, 1.54) is 19.1 Å². The van der Waals surface area contributed by atoms with E-state index in [9.17, 15) is 18.0 Å². The molecule has 0 spiro atoms. The number of halogens is 5. The maximum Gasteiger partial charge on any atom is 0.417 e.